The number of nitrogens with two attached hydrogens (primary N) is 1. The molecule has 28 heavy (non-hydrogen) atoms. The Balaban J connectivity index is 2.05. The Morgan fingerprint density at radius 1 is 1.21 bits per heavy atom. The second kappa shape index (κ2) is 10.4. The van der Waals surface area contributed by atoms with Crippen LogP contribution in [0.5, 0.6) is 5.75 Å². The average molecular weight is 447 g/mol. The summed E-state index contributed by atoms with van der Waals surface area (Å²) in [6.07, 6.45) is 4.65. The summed E-state index contributed by atoms with van der Waals surface area (Å²) in [5.41, 5.74) is 6.21. The van der Waals surface area contributed by atoms with Crippen LogP contribution in [-0.2, 0) is 16.1 Å². The Morgan fingerprint density at radius 2 is 1.93 bits per heavy atom. The molecule has 146 valence electrons. The van der Waals surface area contributed by atoms with Crippen molar-refractivity contribution in [2.45, 2.75) is 6.54 Å². The zero-order valence-electron chi connectivity index (χ0n) is 15.1. The first kappa shape index (κ1) is 21.4. The third-order valence-corrected chi connectivity index (χ3v) is 4.20. The largest absolute Gasteiger partial charge is 0.484 e. The van der Waals surface area contributed by atoms with Gasteiger partial charge in [-0.05, 0) is 42.0 Å². The molecule has 0 fully saturated rings. The van der Waals surface area contributed by atoms with Gasteiger partial charge in [0, 0.05) is 29.2 Å². The summed E-state index contributed by atoms with van der Waals surface area (Å²) in [4.78, 5) is 24.7. The molecule has 0 radical (unpaired) electrons. The van der Waals surface area contributed by atoms with Gasteiger partial charge in [0.05, 0.1) is 0 Å². The van der Waals surface area contributed by atoms with Crippen molar-refractivity contribution in [2.24, 2.45) is 5.73 Å². The van der Waals surface area contributed by atoms with Gasteiger partial charge in [-0.1, -0.05) is 34.1 Å². The molecular formula is C21H20BrFN2O3. The van der Waals surface area contributed by atoms with E-state index in [2.05, 4.69) is 22.5 Å². The van der Waals surface area contributed by atoms with E-state index in [0.717, 1.165) is 10.0 Å². The number of amides is 2. The average Bonchev–Trinajstić information content (AvgIpc) is 2.67. The van der Waals surface area contributed by atoms with E-state index in [9.17, 15) is 14.0 Å². The van der Waals surface area contributed by atoms with E-state index in [0.29, 0.717) is 11.3 Å². The number of benzene rings is 2. The van der Waals surface area contributed by atoms with Crippen LogP contribution in [0.1, 0.15) is 11.1 Å². The Kier molecular flexibility index (Phi) is 7.95. The maximum atomic E-state index is 14.0. The molecule has 2 aromatic carbocycles. The number of hydrogen-bond acceptors (Lipinski definition) is 3. The van der Waals surface area contributed by atoms with Crippen LogP contribution in [0.4, 0.5) is 4.39 Å². The molecule has 0 unspecified atom stereocenters. The number of carbonyl (C=O) groups excluding carboxylic acids is 2. The van der Waals surface area contributed by atoms with E-state index in [1.165, 1.54) is 17.0 Å². The highest BCUT2D eigenvalue weighted by molar-refractivity contribution is 9.10. The smallest absolute Gasteiger partial charge is 0.255 e. The van der Waals surface area contributed by atoms with Gasteiger partial charge in [0.1, 0.15) is 11.6 Å². The fourth-order valence-electron chi connectivity index (χ4n) is 2.36. The number of hydrogen-bond donors (Lipinski definition) is 1. The molecule has 2 aromatic rings. The van der Waals surface area contributed by atoms with Gasteiger partial charge in [0.2, 0.25) is 5.91 Å². The second-order valence-electron chi connectivity index (χ2n) is 5.90. The topological polar surface area (TPSA) is 72.6 Å². The van der Waals surface area contributed by atoms with Gasteiger partial charge in [-0.3, -0.25) is 9.59 Å². The van der Waals surface area contributed by atoms with Crippen LogP contribution in [0.25, 0.3) is 6.08 Å². The lowest BCUT2D eigenvalue weighted by Crippen LogP contribution is -2.29. The molecule has 0 aromatic heterocycles. The van der Waals surface area contributed by atoms with Crippen molar-refractivity contribution in [1.82, 2.24) is 4.90 Å². The molecule has 2 N–H and O–H groups in total. The van der Waals surface area contributed by atoms with Crippen LogP contribution < -0.4 is 10.5 Å². The molecule has 0 spiro atoms. The van der Waals surface area contributed by atoms with E-state index in [1.807, 2.05) is 0 Å². The van der Waals surface area contributed by atoms with Crippen LogP contribution in [-0.4, -0.2) is 29.9 Å². The molecule has 2 rings (SSSR count). The summed E-state index contributed by atoms with van der Waals surface area (Å²) in [7, 11) is 0. The van der Waals surface area contributed by atoms with Crippen LogP contribution in [0.15, 0.2) is 65.7 Å². The zero-order valence-corrected chi connectivity index (χ0v) is 16.7. The van der Waals surface area contributed by atoms with Crippen molar-refractivity contribution in [3.05, 3.63) is 82.6 Å². The van der Waals surface area contributed by atoms with Crippen LogP contribution in [0.2, 0.25) is 0 Å². The molecule has 0 bridgehead atoms. The molecule has 2 amide bonds. The van der Waals surface area contributed by atoms with Crippen LogP contribution in [0, 0.1) is 5.82 Å². The van der Waals surface area contributed by atoms with Crippen molar-refractivity contribution >= 4 is 33.8 Å². The van der Waals surface area contributed by atoms with Gasteiger partial charge < -0.3 is 15.4 Å². The number of rotatable bonds is 9. The van der Waals surface area contributed by atoms with Gasteiger partial charge in [-0.15, -0.1) is 6.58 Å². The number of carbonyl (C=O) groups is 2. The van der Waals surface area contributed by atoms with Crippen molar-refractivity contribution in [3.8, 4) is 5.75 Å². The highest BCUT2D eigenvalue weighted by Crippen LogP contribution is 2.18. The van der Waals surface area contributed by atoms with Crippen LogP contribution in [0.3, 0.4) is 0 Å². The minimum absolute atomic E-state index is 0.125. The minimum atomic E-state index is -0.557. The quantitative estimate of drug-likeness (QED) is 0.471. The van der Waals surface area contributed by atoms with E-state index in [4.69, 9.17) is 10.5 Å². The molecule has 0 atom stereocenters. The minimum Gasteiger partial charge on any atom is -0.484 e. The Hall–Kier alpha value is -2.93. The summed E-state index contributed by atoms with van der Waals surface area (Å²) in [5.74, 6) is -0.701. The lowest BCUT2D eigenvalue weighted by Gasteiger charge is -2.20. The highest BCUT2D eigenvalue weighted by Gasteiger charge is 2.13. The number of halogens is 2. The third-order valence-electron chi connectivity index (χ3n) is 3.71. The zero-order chi connectivity index (χ0) is 20.5. The van der Waals surface area contributed by atoms with Gasteiger partial charge in [-0.25, -0.2) is 4.39 Å². The monoisotopic (exact) mass is 446 g/mol. The maximum Gasteiger partial charge on any atom is 0.255 e. The molecule has 0 heterocycles. The lowest BCUT2D eigenvalue weighted by atomic mass is 10.1. The summed E-state index contributed by atoms with van der Waals surface area (Å²) >= 11 is 3.31. The fourth-order valence-corrected chi connectivity index (χ4v) is 2.77. The van der Waals surface area contributed by atoms with Crippen molar-refractivity contribution in [3.63, 3.8) is 0 Å². The Labute approximate surface area is 171 Å². The van der Waals surface area contributed by atoms with Gasteiger partial charge in [0.25, 0.3) is 5.91 Å². The highest BCUT2D eigenvalue weighted by atomic mass is 79.9. The standard InChI is InChI=1S/C21H20BrFN2O3/c1-2-11-25(13-16-12-17(22)6-9-19(16)23)21(27)10-5-15-3-7-18(8-4-15)28-14-20(24)26/h2-10,12H,1,11,13-14H2,(H2,24,26)/b10-5+. The Morgan fingerprint density at radius 3 is 2.57 bits per heavy atom. The van der Waals surface area contributed by atoms with Crippen molar-refractivity contribution < 1.29 is 18.7 Å². The van der Waals surface area contributed by atoms with Gasteiger partial charge in [-0.2, -0.15) is 0 Å². The number of nitrogens with zero attached hydrogens (tertiary/aromatic N) is 1. The first-order chi connectivity index (χ1) is 13.4. The maximum absolute atomic E-state index is 14.0. The van der Waals surface area contributed by atoms with E-state index >= 15 is 0 Å². The SMILES string of the molecule is C=CCN(Cc1cc(Br)ccc1F)C(=O)/C=C/c1ccc(OCC(N)=O)cc1. The molecule has 5 nitrogen and oxygen atoms in total. The molecule has 0 saturated carbocycles. The molecule has 0 aliphatic heterocycles. The number of ether oxygens (including phenoxy) is 1. The molecule has 0 aliphatic carbocycles. The van der Waals surface area contributed by atoms with Crippen molar-refractivity contribution in [1.29, 1.82) is 0 Å². The molecular weight excluding hydrogens is 427 g/mol. The summed E-state index contributed by atoms with van der Waals surface area (Å²) in [6.45, 7) is 3.87. The summed E-state index contributed by atoms with van der Waals surface area (Å²) in [5, 5.41) is 0. The van der Waals surface area contributed by atoms with E-state index in [-0.39, 0.29) is 31.4 Å². The van der Waals surface area contributed by atoms with Crippen molar-refractivity contribution in [2.75, 3.05) is 13.2 Å². The first-order valence-electron chi connectivity index (χ1n) is 8.42. The van der Waals surface area contributed by atoms with Gasteiger partial charge in [0.15, 0.2) is 6.61 Å². The molecule has 7 heteroatoms. The predicted molar refractivity (Wildman–Crippen MR) is 110 cm³/mol. The molecule has 0 saturated heterocycles. The summed E-state index contributed by atoms with van der Waals surface area (Å²) < 4.78 is 19.9. The van der Waals surface area contributed by atoms with Crippen LogP contribution >= 0.6 is 15.9 Å². The van der Waals surface area contributed by atoms with Gasteiger partial charge >= 0.3 is 0 Å². The summed E-state index contributed by atoms with van der Waals surface area (Å²) in [6, 6.07) is 11.4. The Bertz CT molecular complexity index is 882. The lowest BCUT2D eigenvalue weighted by molar-refractivity contribution is -0.126. The third kappa shape index (κ3) is 6.66. The predicted octanol–water partition coefficient (Wildman–Crippen LogP) is 3.68. The normalized spacial score (nSPS) is 10.6. The van der Waals surface area contributed by atoms with E-state index in [1.54, 1.807) is 48.6 Å². The first-order valence-corrected chi connectivity index (χ1v) is 9.21. The number of primary amides is 1. The fraction of sp³-hybridized carbons (Fsp3) is 0.143. The van der Waals surface area contributed by atoms with E-state index < -0.39 is 5.91 Å². The molecule has 0 aliphatic rings. The second-order valence-corrected chi connectivity index (χ2v) is 6.82.